The predicted molar refractivity (Wildman–Crippen MR) is 125 cm³/mol. The fraction of sp³-hybridized carbons (Fsp3) is 0.385. The summed E-state index contributed by atoms with van der Waals surface area (Å²) in [5.74, 6) is -1.08. The Kier molecular flexibility index (Phi) is 5.19. The fourth-order valence-electron chi connectivity index (χ4n) is 5.65. The highest BCUT2D eigenvalue weighted by Gasteiger charge is 2.45. The average molecular weight is 475 g/mol. The summed E-state index contributed by atoms with van der Waals surface area (Å²) in [6, 6.07) is 12.4. The molecule has 3 N–H and O–H groups in total. The van der Waals surface area contributed by atoms with E-state index in [9.17, 15) is 19.2 Å². The number of carbonyl (C=O) groups excluding carboxylic acids is 4. The van der Waals surface area contributed by atoms with Gasteiger partial charge in [-0.25, -0.2) is 0 Å². The summed E-state index contributed by atoms with van der Waals surface area (Å²) in [7, 11) is 0. The third-order valence-corrected chi connectivity index (χ3v) is 7.46. The van der Waals surface area contributed by atoms with Crippen molar-refractivity contribution in [3.05, 3.63) is 64.7 Å². The predicted octanol–water partition coefficient (Wildman–Crippen LogP) is 1.43. The Bertz CT molecular complexity index is 1250. The number of piperidine rings is 1. The van der Waals surface area contributed by atoms with Gasteiger partial charge in [0.2, 0.25) is 11.8 Å². The molecule has 2 aromatic rings. The minimum Gasteiger partial charge on any atom is -0.485 e. The average Bonchev–Trinajstić information content (AvgIpc) is 3.39. The van der Waals surface area contributed by atoms with Gasteiger partial charge in [0.1, 0.15) is 17.4 Å². The number of carbonyl (C=O) groups is 4. The summed E-state index contributed by atoms with van der Waals surface area (Å²) in [6.07, 6.45) is 2.03. The van der Waals surface area contributed by atoms with Crippen molar-refractivity contribution in [2.45, 2.75) is 49.9 Å². The van der Waals surface area contributed by atoms with Crippen LogP contribution in [0.4, 0.5) is 0 Å². The van der Waals surface area contributed by atoms with Crippen LogP contribution in [0.2, 0.25) is 0 Å². The molecule has 180 valence electrons. The summed E-state index contributed by atoms with van der Waals surface area (Å²) in [4.78, 5) is 50.8. The van der Waals surface area contributed by atoms with Crippen molar-refractivity contribution in [3.63, 3.8) is 0 Å². The number of imide groups is 2. The molecule has 9 heteroatoms. The molecule has 0 aromatic heterocycles. The number of amides is 4. The van der Waals surface area contributed by atoms with E-state index >= 15 is 0 Å². The van der Waals surface area contributed by atoms with E-state index in [0.29, 0.717) is 12.1 Å². The molecule has 3 unspecified atom stereocenters. The quantitative estimate of drug-likeness (QED) is 0.574. The van der Waals surface area contributed by atoms with E-state index in [-0.39, 0.29) is 36.0 Å². The first kappa shape index (κ1) is 21.9. The van der Waals surface area contributed by atoms with Gasteiger partial charge in [-0.15, -0.1) is 0 Å². The first-order valence-electron chi connectivity index (χ1n) is 12.0. The van der Waals surface area contributed by atoms with Gasteiger partial charge in [0.05, 0.1) is 11.1 Å². The Morgan fingerprint density at radius 3 is 2.69 bits per heavy atom. The van der Waals surface area contributed by atoms with Crippen LogP contribution >= 0.6 is 0 Å². The van der Waals surface area contributed by atoms with Crippen molar-refractivity contribution in [2.75, 3.05) is 13.1 Å². The molecule has 0 bridgehead atoms. The molecule has 9 nitrogen and oxygen atoms in total. The van der Waals surface area contributed by atoms with Crippen molar-refractivity contribution < 1.29 is 23.9 Å². The Morgan fingerprint density at radius 1 is 1.06 bits per heavy atom. The summed E-state index contributed by atoms with van der Waals surface area (Å²) in [5.41, 5.74) is 2.34. The highest BCUT2D eigenvalue weighted by Crippen LogP contribution is 2.42. The van der Waals surface area contributed by atoms with Crippen molar-refractivity contribution in [3.8, 4) is 5.75 Å². The Hall–Kier alpha value is -3.56. The molecule has 2 fully saturated rings. The number of hydrogen-bond donors (Lipinski definition) is 3. The summed E-state index contributed by atoms with van der Waals surface area (Å²) < 4.78 is 6.39. The fourth-order valence-corrected chi connectivity index (χ4v) is 5.65. The van der Waals surface area contributed by atoms with Crippen molar-refractivity contribution in [2.24, 2.45) is 0 Å². The van der Waals surface area contributed by atoms with E-state index < -0.39 is 23.8 Å². The lowest BCUT2D eigenvalue weighted by Gasteiger charge is -2.40. The van der Waals surface area contributed by atoms with Gasteiger partial charge in [-0.05, 0) is 36.7 Å². The molecular weight excluding hydrogens is 448 g/mol. The number of nitrogens with one attached hydrogen (secondary N) is 3. The standard InChI is InChI=1S/C26H26N4O5/c31-22-8-7-20(23(32)29-22)30-24(33)16-6-5-15(11-18(16)25(30)34)13-28-19-12-26(9-10-27-14-26)35-21-4-2-1-3-17(19)21/h1-6,11,19-20,27-28H,7-10,12-14H2,(H,29,31,32). The molecule has 4 aliphatic rings. The lowest BCUT2D eigenvalue weighted by molar-refractivity contribution is -0.136. The van der Waals surface area contributed by atoms with Gasteiger partial charge in [-0.2, -0.15) is 0 Å². The van der Waals surface area contributed by atoms with Crippen LogP contribution < -0.4 is 20.7 Å². The van der Waals surface area contributed by atoms with E-state index in [1.807, 2.05) is 24.3 Å². The Balaban J connectivity index is 1.21. The molecule has 0 saturated carbocycles. The van der Waals surface area contributed by atoms with Crippen LogP contribution in [0.5, 0.6) is 5.75 Å². The van der Waals surface area contributed by atoms with E-state index in [4.69, 9.17) is 4.74 Å². The van der Waals surface area contributed by atoms with Crippen LogP contribution in [0, 0.1) is 0 Å². The number of hydrogen-bond acceptors (Lipinski definition) is 7. The molecule has 35 heavy (non-hydrogen) atoms. The molecule has 4 amide bonds. The topological polar surface area (TPSA) is 117 Å². The smallest absolute Gasteiger partial charge is 0.262 e. The highest BCUT2D eigenvalue weighted by atomic mass is 16.5. The number of rotatable bonds is 4. The number of para-hydroxylation sites is 1. The highest BCUT2D eigenvalue weighted by molar-refractivity contribution is 6.23. The third kappa shape index (κ3) is 3.71. The largest absolute Gasteiger partial charge is 0.485 e. The van der Waals surface area contributed by atoms with Crippen LogP contribution in [-0.2, 0) is 16.1 Å². The number of nitrogens with zero attached hydrogens (tertiary/aromatic N) is 1. The first-order valence-corrected chi connectivity index (χ1v) is 12.0. The van der Waals surface area contributed by atoms with Gasteiger partial charge >= 0.3 is 0 Å². The van der Waals surface area contributed by atoms with Crippen molar-refractivity contribution in [1.82, 2.24) is 20.9 Å². The van der Waals surface area contributed by atoms with Crippen LogP contribution in [-0.4, -0.2) is 53.3 Å². The number of ether oxygens (including phenoxy) is 1. The van der Waals surface area contributed by atoms with Gasteiger partial charge in [0, 0.05) is 44.0 Å². The first-order chi connectivity index (χ1) is 16.9. The lowest BCUT2D eigenvalue weighted by atomic mass is 9.86. The zero-order valence-electron chi connectivity index (χ0n) is 19.1. The normalized spacial score (nSPS) is 27.6. The van der Waals surface area contributed by atoms with Crippen LogP contribution in [0.25, 0.3) is 0 Å². The van der Waals surface area contributed by atoms with Crippen LogP contribution in [0.3, 0.4) is 0 Å². The maximum atomic E-state index is 13.1. The molecular formula is C26H26N4O5. The maximum absolute atomic E-state index is 13.1. The zero-order valence-corrected chi connectivity index (χ0v) is 19.1. The molecule has 4 aliphatic heterocycles. The molecule has 4 heterocycles. The molecule has 6 rings (SSSR count). The molecule has 2 aromatic carbocycles. The maximum Gasteiger partial charge on any atom is 0.262 e. The summed E-state index contributed by atoms with van der Waals surface area (Å²) >= 11 is 0. The second-order valence-corrected chi connectivity index (χ2v) is 9.71. The van der Waals surface area contributed by atoms with Crippen LogP contribution in [0.15, 0.2) is 42.5 Å². The van der Waals surface area contributed by atoms with E-state index in [2.05, 4.69) is 22.0 Å². The van der Waals surface area contributed by atoms with Crippen LogP contribution in [0.1, 0.15) is 63.6 Å². The Morgan fingerprint density at radius 2 is 1.89 bits per heavy atom. The van der Waals surface area contributed by atoms with Gasteiger partial charge in [-0.3, -0.25) is 29.4 Å². The summed E-state index contributed by atoms with van der Waals surface area (Å²) in [5, 5.41) is 9.26. The number of fused-ring (bicyclic) bond motifs is 2. The lowest BCUT2D eigenvalue weighted by Crippen LogP contribution is -2.54. The monoisotopic (exact) mass is 474 g/mol. The second kappa shape index (κ2) is 8.28. The van der Waals surface area contributed by atoms with Gasteiger partial charge in [0.15, 0.2) is 0 Å². The SMILES string of the molecule is O=C1CCC(N2C(=O)c3ccc(CNC4CC5(CCNC5)Oc5ccccc54)cc3C2=O)C(=O)N1. The second-order valence-electron chi connectivity index (χ2n) is 9.71. The van der Waals surface area contributed by atoms with E-state index in [0.717, 1.165) is 47.7 Å². The molecule has 3 atom stereocenters. The molecule has 0 aliphatic carbocycles. The minimum atomic E-state index is -0.961. The molecule has 0 radical (unpaired) electrons. The van der Waals surface area contributed by atoms with Gasteiger partial charge < -0.3 is 15.4 Å². The minimum absolute atomic E-state index is 0.0883. The molecule has 2 saturated heterocycles. The van der Waals surface area contributed by atoms with Gasteiger partial charge in [-0.1, -0.05) is 24.3 Å². The number of benzene rings is 2. The van der Waals surface area contributed by atoms with Gasteiger partial charge in [0.25, 0.3) is 11.8 Å². The molecule has 1 spiro atoms. The zero-order chi connectivity index (χ0) is 24.2. The van der Waals surface area contributed by atoms with Crippen molar-refractivity contribution in [1.29, 1.82) is 0 Å². The van der Waals surface area contributed by atoms with Crippen molar-refractivity contribution >= 4 is 23.6 Å². The van der Waals surface area contributed by atoms with E-state index in [1.54, 1.807) is 12.1 Å². The van der Waals surface area contributed by atoms with E-state index in [1.165, 1.54) is 0 Å². The Labute approximate surface area is 202 Å². The summed E-state index contributed by atoms with van der Waals surface area (Å²) in [6.45, 7) is 2.25. The third-order valence-electron chi connectivity index (χ3n) is 7.46.